The lowest BCUT2D eigenvalue weighted by Crippen LogP contribution is -2.18. The lowest BCUT2D eigenvalue weighted by atomic mass is 10.3. The Bertz CT molecular complexity index is 268. The summed E-state index contributed by atoms with van der Waals surface area (Å²) in [7, 11) is 0. The van der Waals surface area contributed by atoms with Gasteiger partial charge in [-0.15, -0.1) is 5.10 Å². The Morgan fingerprint density at radius 1 is 1.75 bits per heavy atom. The van der Waals surface area contributed by atoms with E-state index in [9.17, 15) is 4.79 Å². The summed E-state index contributed by atoms with van der Waals surface area (Å²) in [6.45, 7) is 2.73. The van der Waals surface area contributed by atoms with Crippen LogP contribution in [0, 0.1) is 0 Å². The van der Waals surface area contributed by atoms with Crippen molar-refractivity contribution < 1.29 is 4.79 Å². The number of hydrogen-bond donors (Lipinski definition) is 1. The number of aromatic nitrogens is 3. The summed E-state index contributed by atoms with van der Waals surface area (Å²) in [6.07, 6.45) is 2.37. The molecule has 0 bridgehead atoms. The van der Waals surface area contributed by atoms with Crippen molar-refractivity contribution in [1.29, 1.82) is 0 Å². The van der Waals surface area contributed by atoms with Crippen molar-refractivity contribution in [1.82, 2.24) is 15.0 Å². The maximum Gasteiger partial charge on any atom is 0.196 e. The van der Waals surface area contributed by atoms with E-state index in [2.05, 4.69) is 10.3 Å². The van der Waals surface area contributed by atoms with Crippen LogP contribution < -0.4 is 5.73 Å². The summed E-state index contributed by atoms with van der Waals surface area (Å²) in [6, 6.07) is 0. The molecule has 0 atom stereocenters. The Balaban J connectivity index is 2.83. The molecule has 12 heavy (non-hydrogen) atoms. The fraction of sp³-hybridized carbons (Fsp3) is 0.571. The zero-order chi connectivity index (χ0) is 8.97. The van der Waals surface area contributed by atoms with Crippen molar-refractivity contribution in [2.24, 2.45) is 5.73 Å². The summed E-state index contributed by atoms with van der Waals surface area (Å²) in [5.74, 6) is -0.117. The van der Waals surface area contributed by atoms with Gasteiger partial charge in [0, 0.05) is 6.54 Å². The van der Waals surface area contributed by atoms with E-state index in [-0.39, 0.29) is 12.3 Å². The van der Waals surface area contributed by atoms with Crippen molar-refractivity contribution in [2.75, 3.05) is 6.54 Å². The van der Waals surface area contributed by atoms with Gasteiger partial charge in [-0.2, -0.15) is 0 Å². The van der Waals surface area contributed by atoms with E-state index in [0.29, 0.717) is 12.2 Å². The number of carbonyl (C=O) groups excluding carboxylic acids is 1. The predicted molar refractivity (Wildman–Crippen MR) is 43.7 cm³/mol. The van der Waals surface area contributed by atoms with Crippen molar-refractivity contribution in [2.45, 2.75) is 19.9 Å². The van der Waals surface area contributed by atoms with Gasteiger partial charge in [-0.1, -0.05) is 12.1 Å². The van der Waals surface area contributed by atoms with E-state index in [1.807, 2.05) is 6.92 Å². The monoisotopic (exact) mass is 168 g/mol. The molecule has 66 valence electrons. The molecule has 1 heterocycles. The van der Waals surface area contributed by atoms with Gasteiger partial charge in [-0.3, -0.25) is 4.79 Å². The average Bonchev–Trinajstić information content (AvgIpc) is 2.52. The first-order chi connectivity index (χ1) is 5.79. The molecule has 0 unspecified atom stereocenters. The number of nitrogens with zero attached hydrogens (tertiary/aromatic N) is 3. The van der Waals surface area contributed by atoms with Gasteiger partial charge in [0.2, 0.25) is 0 Å². The molecule has 0 radical (unpaired) electrons. The summed E-state index contributed by atoms with van der Waals surface area (Å²) < 4.78 is 1.58. The van der Waals surface area contributed by atoms with Gasteiger partial charge in [-0.05, 0) is 6.42 Å². The molecule has 5 heteroatoms. The van der Waals surface area contributed by atoms with Gasteiger partial charge in [0.05, 0.1) is 12.7 Å². The molecule has 0 aliphatic rings. The van der Waals surface area contributed by atoms with Crippen LogP contribution in [0.2, 0.25) is 0 Å². The van der Waals surface area contributed by atoms with Crippen molar-refractivity contribution in [3.8, 4) is 0 Å². The Labute approximate surface area is 70.6 Å². The van der Waals surface area contributed by atoms with Gasteiger partial charge < -0.3 is 5.73 Å². The van der Waals surface area contributed by atoms with Crippen LogP contribution in [0.15, 0.2) is 6.20 Å². The molecule has 0 aliphatic carbocycles. The molecule has 0 amide bonds. The third-order valence-corrected chi connectivity index (χ3v) is 1.52. The third-order valence-electron chi connectivity index (χ3n) is 1.52. The molecule has 0 aromatic carbocycles. The van der Waals surface area contributed by atoms with E-state index in [1.165, 1.54) is 6.20 Å². The smallest absolute Gasteiger partial charge is 0.196 e. The van der Waals surface area contributed by atoms with E-state index < -0.39 is 0 Å². The second-order valence-corrected chi connectivity index (χ2v) is 2.47. The molecule has 0 spiro atoms. The van der Waals surface area contributed by atoms with Crippen LogP contribution in [-0.2, 0) is 6.54 Å². The highest BCUT2D eigenvalue weighted by molar-refractivity contribution is 5.95. The minimum atomic E-state index is -0.117. The Morgan fingerprint density at radius 3 is 3.08 bits per heavy atom. The van der Waals surface area contributed by atoms with E-state index in [0.717, 1.165) is 6.42 Å². The molecule has 5 nitrogen and oxygen atoms in total. The van der Waals surface area contributed by atoms with Crippen LogP contribution >= 0.6 is 0 Å². The summed E-state index contributed by atoms with van der Waals surface area (Å²) >= 11 is 0. The maximum atomic E-state index is 11.1. The van der Waals surface area contributed by atoms with Crippen LogP contribution in [0.5, 0.6) is 0 Å². The fourth-order valence-corrected chi connectivity index (χ4v) is 0.955. The number of rotatable bonds is 4. The SMILES string of the molecule is CCCn1nncc1C(=O)CN. The molecule has 1 rings (SSSR count). The van der Waals surface area contributed by atoms with Crippen molar-refractivity contribution >= 4 is 5.78 Å². The quantitative estimate of drug-likeness (QED) is 0.633. The van der Waals surface area contributed by atoms with Crippen LogP contribution in [-0.4, -0.2) is 27.3 Å². The fourth-order valence-electron chi connectivity index (χ4n) is 0.955. The molecular formula is C7H12N4O. The third kappa shape index (κ3) is 1.68. The largest absolute Gasteiger partial charge is 0.324 e. The number of nitrogens with two attached hydrogens (primary N) is 1. The standard InChI is InChI=1S/C7H12N4O/c1-2-3-11-6(5-9-10-11)7(12)4-8/h5H,2-4,8H2,1H3. The molecular weight excluding hydrogens is 156 g/mol. The number of aryl methyl sites for hydroxylation is 1. The number of carbonyl (C=O) groups is 1. The van der Waals surface area contributed by atoms with Crippen molar-refractivity contribution in [3.63, 3.8) is 0 Å². The molecule has 0 saturated carbocycles. The van der Waals surface area contributed by atoms with Crippen LogP contribution in [0.1, 0.15) is 23.8 Å². The highest BCUT2D eigenvalue weighted by Crippen LogP contribution is 1.97. The van der Waals surface area contributed by atoms with E-state index in [1.54, 1.807) is 4.68 Å². The molecule has 1 aromatic heterocycles. The van der Waals surface area contributed by atoms with E-state index in [4.69, 9.17) is 5.73 Å². The second kappa shape index (κ2) is 3.96. The lowest BCUT2D eigenvalue weighted by Gasteiger charge is -2.00. The Kier molecular flexibility index (Phi) is 2.93. The van der Waals surface area contributed by atoms with E-state index >= 15 is 0 Å². The van der Waals surface area contributed by atoms with Crippen LogP contribution in [0.3, 0.4) is 0 Å². The summed E-state index contributed by atoms with van der Waals surface area (Å²) in [5.41, 5.74) is 5.71. The molecule has 2 N–H and O–H groups in total. The van der Waals surface area contributed by atoms with Gasteiger partial charge in [0.25, 0.3) is 0 Å². The first kappa shape index (κ1) is 8.86. The lowest BCUT2D eigenvalue weighted by molar-refractivity contribution is 0.0991. The topological polar surface area (TPSA) is 73.8 Å². The number of hydrogen-bond acceptors (Lipinski definition) is 4. The molecule has 1 aromatic rings. The van der Waals surface area contributed by atoms with Gasteiger partial charge in [0.1, 0.15) is 5.69 Å². The minimum absolute atomic E-state index is 0.0110. The first-order valence-electron chi connectivity index (χ1n) is 3.91. The van der Waals surface area contributed by atoms with Gasteiger partial charge in [0.15, 0.2) is 5.78 Å². The Morgan fingerprint density at radius 2 is 2.50 bits per heavy atom. The average molecular weight is 168 g/mol. The number of Topliss-reactive ketones (excluding diaryl/α,β-unsaturated/α-hetero) is 1. The summed E-state index contributed by atoms with van der Waals surface area (Å²) in [5, 5.41) is 7.41. The zero-order valence-corrected chi connectivity index (χ0v) is 7.03. The normalized spacial score (nSPS) is 10.2. The minimum Gasteiger partial charge on any atom is -0.324 e. The highest BCUT2D eigenvalue weighted by Gasteiger charge is 2.09. The van der Waals surface area contributed by atoms with Crippen LogP contribution in [0.25, 0.3) is 0 Å². The molecule has 0 fully saturated rings. The number of ketones is 1. The Hall–Kier alpha value is -1.23. The summed E-state index contributed by atoms with van der Waals surface area (Å²) in [4.78, 5) is 11.1. The maximum absolute atomic E-state index is 11.1. The van der Waals surface area contributed by atoms with Gasteiger partial charge in [-0.25, -0.2) is 4.68 Å². The molecule has 0 saturated heterocycles. The highest BCUT2D eigenvalue weighted by atomic mass is 16.1. The first-order valence-corrected chi connectivity index (χ1v) is 3.91. The van der Waals surface area contributed by atoms with Crippen molar-refractivity contribution in [3.05, 3.63) is 11.9 Å². The zero-order valence-electron chi connectivity index (χ0n) is 7.03. The predicted octanol–water partition coefficient (Wildman–Crippen LogP) is -0.170. The second-order valence-electron chi connectivity index (χ2n) is 2.47. The molecule has 0 aliphatic heterocycles. The van der Waals surface area contributed by atoms with Gasteiger partial charge >= 0.3 is 0 Å². The van der Waals surface area contributed by atoms with Crippen LogP contribution in [0.4, 0.5) is 0 Å².